The third kappa shape index (κ3) is 3.52. The summed E-state index contributed by atoms with van der Waals surface area (Å²) in [4.78, 5) is 36.1. The molecule has 8 nitrogen and oxygen atoms in total. The Morgan fingerprint density at radius 2 is 2.17 bits per heavy atom. The first-order valence-electron chi connectivity index (χ1n) is 7.96. The van der Waals surface area contributed by atoms with E-state index < -0.39 is 0 Å². The van der Waals surface area contributed by atoms with E-state index in [4.69, 9.17) is 4.74 Å². The maximum Gasteiger partial charge on any atom is 0.245 e. The molecular formula is C15H21N5O3. The molecule has 1 atom stereocenters. The van der Waals surface area contributed by atoms with Gasteiger partial charge in [0.05, 0.1) is 6.61 Å². The monoisotopic (exact) mass is 319 g/mol. The molecule has 0 bridgehead atoms. The molecular weight excluding hydrogens is 298 g/mol. The molecule has 0 saturated carbocycles. The van der Waals surface area contributed by atoms with Gasteiger partial charge in [-0.05, 0) is 13.3 Å². The van der Waals surface area contributed by atoms with E-state index in [0.717, 1.165) is 0 Å². The zero-order chi connectivity index (χ0) is 16.2. The molecule has 3 rings (SSSR count). The number of rotatable bonds is 4. The van der Waals surface area contributed by atoms with Crippen LogP contribution in [0.1, 0.15) is 19.8 Å². The van der Waals surface area contributed by atoms with Crippen molar-refractivity contribution < 1.29 is 14.3 Å². The molecule has 1 aromatic heterocycles. The minimum absolute atomic E-state index is 0.0134. The summed E-state index contributed by atoms with van der Waals surface area (Å²) < 4.78 is 5.39. The summed E-state index contributed by atoms with van der Waals surface area (Å²) in [5.41, 5.74) is 0. The Balaban J connectivity index is 1.57. The highest BCUT2D eigenvalue weighted by Gasteiger charge is 2.32. The number of nitrogens with zero attached hydrogens (tertiary/aromatic N) is 4. The first kappa shape index (κ1) is 15.5. The fourth-order valence-corrected chi connectivity index (χ4v) is 2.86. The van der Waals surface area contributed by atoms with Crippen LogP contribution in [0.4, 0.5) is 5.95 Å². The van der Waals surface area contributed by atoms with Crippen LogP contribution >= 0.6 is 0 Å². The smallest absolute Gasteiger partial charge is 0.245 e. The number of nitrogens with one attached hydrogen (secondary N) is 1. The van der Waals surface area contributed by atoms with Gasteiger partial charge in [0, 0.05) is 44.9 Å². The van der Waals surface area contributed by atoms with Gasteiger partial charge in [-0.2, -0.15) is 4.98 Å². The third-order valence-electron chi connectivity index (χ3n) is 4.08. The summed E-state index contributed by atoms with van der Waals surface area (Å²) >= 11 is 0. The maximum absolute atomic E-state index is 12.4. The zero-order valence-corrected chi connectivity index (χ0v) is 13.2. The van der Waals surface area contributed by atoms with Gasteiger partial charge in [-0.1, -0.05) is 0 Å². The first-order chi connectivity index (χ1) is 11.2. The van der Waals surface area contributed by atoms with Gasteiger partial charge in [-0.3, -0.25) is 9.59 Å². The van der Waals surface area contributed by atoms with Crippen LogP contribution in [0.15, 0.2) is 12.3 Å². The van der Waals surface area contributed by atoms with Gasteiger partial charge in [-0.25, -0.2) is 4.98 Å². The molecule has 3 heterocycles. The molecule has 1 aromatic rings. The SMILES string of the molecule is CCOc1ccnc(N2CCN(C(=O)[C@@H]3CCC(=O)N3)CC2)n1. The zero-order valence-electron chi connectivity index (χ0n) is 13.2. The predicted molar refractivity (Wildman–Crippen MR) is 83.2 cm³/mol. The van der Waals surface area contributed by atoms with Crippen molar-refractivity contribution in [2.75, 3.05) is 37.7 Å². The van der Waals surface area contributed by atoms with Crippen LogP contribution in [0.5, 0.6) is 5.88 Å². The minimum atomic E-state index is -0.355. The van der Waals surface area contributed by atoms with E-state index in [1.54, 1.807) is 17.2 Å². The lowest BCUT2D eigenvalue weighted by atomic mass is 10.2. The van der Waals surface area contributed by atoms with Crippen LogP contribution < -0.4 is 15.0 Å². The predicted octanol–water partition coefficient (Wildman–Crippen LogP) is -0.197. The van der Waals surface area contributed by atoms with Gasteiger partial charge < -0.3 is 19.9 Å². The Kier molecular flexibility index (Phi) is 4.59. The molecule has 2 aliphatic rings. The second-order valence-corrected chi connectivity index (χ2v) is 5.60. The summed E-state index contributed by atoms with van der Waals surface area (Å²) in [6.45, 7) is 5.02. The Morgan fingerprint density at radius 3 is 2.83 bits per heavy atom. The highest BCUT2D eigenvalue weighted by molar-refractivity contribution is 5.90. The van der Waals surface area contributed by atoms with Crippen molar-refractivity contribution in [2.45, 2.75) is 25.8 Å². The van der Waals surface area contributed by atoms with E-state index in [2.05, 4.69) is 15.3 Å². The van der Waals surface area contributed by atoms with Crippen molar-refractivity contribution in [3.8, 4) is 5.88 Å². The number of carbonyl (C=O) groups excluding carboxylic acids is 2. The standard InChI is InChI=1S/C15H21N5O3/c1-2-23-13-5-6-16-15(18-13)20-9-7-19(8-10-20)14(22)11-3-4-12(21)17-11/h5-6,11H,2-4,7-10H2,1H3,(H,17,21)/t11-/m0/s1. The van der Waals surface area contributed by atoms with E-state index in [0.29, 0.717) is 57.5 Å². The fourth-order valence-electron chi connectivity index (χ4n) is 2.86. The Bertz CT molecular complexity index is 586. The van der Waals surface area contributed by atoms with Crippen molar-refractivity contribution in [1.82, 2.24) is 20.2 Å². The molecule has 0 radical (unpaired) electrons. The van der Waals surface area contributed by atoms with Gasteiger partial charge in [0.2, 0.25) is 23.6 Å². The highest BCUT2D eigenvalue weighted by atomic mass is 16.5. The van der Waals surface area contributed by atoms with Gasteiger partial charge in [0.15, 0.2) is 0 Å². The topological polar surface area (TPSA) is 87.7 Å². The third-order valence-corrected chi connectivity index (χ3v) is 4.08. The van der Waals surface area contributed by atoms with Crippen LogP contribution in [0.3, 0.4) is 0 Å². The average Bonchev–Trinajstić information content (AvgIpc) is 3.01. The number of piperazine rings is 1. The molecule has 2 fully saturated rings. The van der Waals surface area contributed by atoms with E-state index >= 15 is 0 Å². The van der Waals surface area contributed by atoms with Gasteiger partial charge in [0.25, 0.3) is 0 Å². The van der Waals surface area contributed by atoms with Crippen molar-refractivity contribution in [1.29, 1.82) is 0 Å². The Labute approximate surface area is 134 Å². The number of ether oxygens (including phenoxy) is 1. The highest BCUT2D eigenvalue weighted by Crippen LogP contribution is 2.16. The normalized spacial score (nSPS) is 21.3. The van der Waals surface area contributed by atoms with Gasteiger partial charge >= 0.3 is 0 Å². The van der Waals surface area contributed by atoms with Crippen LogP contribution in [0, 0.1) is 0 Å². The van der Waals surface area contributed by atoms with Crippen molar-refractivity contribution in [3.05, 3.63) is 12.3 Å². The largest absolute Gasteiger partial charge is 0.478 e. The molecule has 2 saturated heterocycles. The lowest BCUT2D eigenvalue weighted by Gasteiger charge is -2.35. The maximum atomic E-state index is 12.4. The number of amides is 2. The van der Waals surface area contributed by atoms with Crippen LogP contribution in [0.2, 0.25) is 0 Å². The second kappa shape index (κ2) is 6.80. The number of hydrogen-bond acceptors (Lipinski definition) is 6. The molecule has 1 N–H and O–H groups in total. The number of hydrogen-bond donors (Lipinski definition) is 1. The molecule has 124 valence electrons. The Hall–Kier alpha value is -2.38. The molecule has 2 aliphatic heterocycles. The summed E-state index contributed by atoms with van der Waals surface area (Å²) in [7, 11) is 0. The summed E-state index contributed by atoms with van der Waals surface area (Å²) in [5.74, 6) is 1.16. The van der Waals surface area contributed by atoms with E-state index in [9.17, 15) is 9.59 Å². The van der Waals surface area contributed by atoms with E-state index in [1.165, 1.54) is 0 Å². The van der Waals surface area contributed by atoms with Crippen molar-refractivity contribution in [2.24, 2.45) is 0 Å². The van der Waals surface area contributed by atoms with E-state index in [-0.39, 0.29) is 17.9 Å². The molecule has 0 spiro atoms. The van der Waals surface area contributed by atoms with Crippen LogP contribution in [0.25, 0.3) is 0 Å². The molecule has 8 heteroatoms. The Morgan fingerprint density at radius 1 is 1.39 bits per heavy atom. The van der Waals surface area contributed by atoms with Gasteiger partial charge in [0.1, 0.15) is 6.04 Å². The average molecular weight is 319 g/mol. The minimum Gasteiger partial charge on any atom is -0.478 e. The summed E-state index contributed by atoms with van der Waals surface area (Å²) in [5, 5.41) is 2.73. The van der Waals surface area contributed by atoms with Crippen LogP contribution in [-0.4, -0.2) is 65.5 Å². The number of carbonyl (C=O) groups is 2. The summed E-state index contributed by atoms with van der Waals surface area (Å²) in [6, 6.07) is 1.38. The van der Waals surface area contributed by atoms with Crippen LogP contribution in [-0.2, 0) is 9.59 Å². The summed E-state index contributed by atoms with van der Waals surface area (Å²) in [6.07, 6.45) is 2.71. The van der Waals surface area contributed by atoms with E-state index in [1.807, 2.05) is 11.8 Å². The van der Waals surface area contributed by atoms with Gasteiger partial charge in [-0.15, -0.1) is 0 Å². The molecule has 23 heavy (non-hydrogen) atoms. The van der Waals surface area contributed by atoms with Crippen molar-refractivity contribution >= 4 is 17.8 Å². The lowest BCUT2D eigenvalue weighted by Crippen LogP contribution is -2.53. The first-order valence-corrected chi connectivity index (χ1v) is 7.96. The second-order valence-electron chi connectivity index (χ2n) is 5.60. The fraction of sp³-hybridized carbons (Fsp3) is 0.600. The molecule has 0 aliphatic carbocycles. The number of aromatic nitrogens is 2. The molecule has 0 aromatic carbocycles. The van der Waals surface area contributed by atoms with Crippen molar-refractivity contribution in [3.63, 3.8) is 0 Å². The molecule has 0 unspecified atom stereocenters. The lowest BCUT2D eigenvalue weighted by molar-refractivity contribution is -0.134. The molecule has 2 amide bonds. The quantitative estimate of drug-likeness (QED) is 0.827. The number of anilines is 1.